The number of aliphatic hydroxyl groups excluding tert-OH is 1. The molecule has 2 aliphatic rings. The number of nitrogens with zero attached hydrogens (tertiary/aromatic N) is 1. The number of benzene rings is 1. The summed E-state index contributed by atoms with van der Waals surface area (Å²) in [4.78, 5) is 16.2. The second-order valence-corrected chi connectivity index (χ2v) is 5.83. The minimum Gasteiger partial charge on any atom is -0.364 e. The van der Waals surface area contributed by atoms with E-state index in [1.54, 1.807) is 6.08 Å². The smallest absolute Gasteiger partial charge is 0.272 e. The Bertz CT molecular complexity index is 679. The summed E-state index contributed by atoms with van der Waals surface area (Å²) in [5.41, 5.74) is 1.62. The van der Waals surface area contributed by atoms with Crippen molar-refractivity contribution in [3.8, 4) is 0 Å². The Morgan fingerprint density at radius 2 is 2.10 bits per heavy atom. The first-order chi connectivity index (χ1) is 9.99. The van der Waals surface area contributed by atoms with Crippen LogP contribution in [0.5, 0.6) is 0 Å². The summed E-state index contributed by atoms with van der Waals surface area (Å²) >= 11 is 6.13. The first-order valence-electron chi connectivity index (χ1n) is 6.71. The molecule has 108 valence electrons. The van der Waals surface area contributed by atoms with E-state index in [0.717, 1.165) is 11.1 Å². The molecule has 0 saturated carbocycles. The Morgan fingerprint density at radius 3 is 2.81 bits per heavy atom. The molecular weight excluding hydrogens is 288 g/mol. The van der Waals surface area contributed by atoms with Gasteiger partial charge in [0.2, 0.25) is 6.23 Å². The van der Waals surface area contributed by atoms with Gasteiger partial charge in [-0.3, -0.25) is 4.79 Å². The number of aliphatic imine (C=N–C) groups is 1. The van der Waals surface area contributed by atoms with Crippen LogP contribution in [0, 0.1) is 0 Å². The van der Waals surface area contributed by atoms with Crippen molar-refractivity contribution in [1.29, 1.82) is 0 Å². The van der Waals surface area contributed by atoms with Crippen LogP contribution in [0.2, 0.25) is 0 Å². The number of fused-ring (bicyclic) bond motifs is 1. The Hall–Kier alpha value is -1.91. The maximum atomic E-state index is 12.0. The lowest BCUT2D eigenvalue weighted by molar-refractivity contribution is -0.130. The topological polar surface area (TPSA) is 61.7 Å². The van der Waals surface area contributed by atoms with Gasteiger partial charge in [0.25, 0.3) is 5.91 Å². The quantitative estimate of drug-likeness (QED) is 0.835. The number of allylic oxidation sites excluding steroid dienone is 2. The van der Waals surface area contributed by atoms with Crippen molar-refractivity contribution in [2.75, 3.05) is 0 Å². The zero-order valence-corrected chi connectivity index (χ0v) is 12.3. The Morgan fingerprint density at radius 1 is 1.38 bits per heavy atom. The molecule has 1 amide bonds. The third kappa shape index (κ3) is 2.52. The van der Waals surface area contributed by atoms with Crippen LogP contribution in [0.15, 0.2) is 58.1 Å². The molecule has 0 spiro atoms. The van der Waals surface area contributed by atoms with E-state index in [9.17, 15) is 9.90 Å². The number of hydrogen-bond donors (Lipinski definition) is 2. The molecule has 21 heavy (non-hydrogen) atoms. The molecular formula is C16H15ClN2O2. The fourth-order valence-corrected chi connectivity index (χ4v) is 2.81. The largest absolute Gasteiger partial charge is 0.364 e. The van der Waals surface area contributed by atoms with E-state index in [0.29, 0.717) is 17.2 Å². The monoisotopic (exact) mass is 302 g/mol. The third-order valence-electron chi connectivity index (χ3n) is 3.77. The van der Waals surface area contributed by atoms with Gasteiger partial charge in [-0.1, -0.05) is 48.0 Å². The molecule has 3 rings (SSSR count). The van der Waals surface area contributed by atoms with Crippen LogP contribution in [0.4, 0.5) is 0 Å². The van der Waals surface area contributed by atoms with Crippen molar-refractivity contribution < 1.29 is 9.90 Å². The van der Waals surface area contributed by atoms with Gasteiger partial charge in [-0.05, 0) is 19.4 Å². The Kier molecular flexibility index (Phi) is 3.43. The lowest BCUT2D eigenvalue weighted by atomic mass is 9.80. The van der Waals surface area contributed by atoms with Crippen molar-refractivity contribution >= 4 is 23.2 Å². The van der Waals surface area contributed by atoms with E-state index in [1.165, 1.54) is 0 Å². The normalized spacial score (nSPS) is 28.6. The molecule has 0 radical (unpaired) electrons. The number of carbonyl (C=O) groups excluding carboxylic acids is 1. The Balaban J connectivity index is 2.20. The summed E-state index contributed by atoms with van der Waals surface area (Å²) in [6.45, 7) is 1.91. The summed E-state index contributed by atoms with van der Waals surface area (Å²) in [6.07, 6.45) is 2.80. The van der Waals surface area contributed by atoms with Crippen LogP contribution >= 0.6 is 11.6 Å². The average molecular weight is 303 g/mol. The van der Waals surface area contributed by atoms with Crippen LogP contribution in [0.1, 0.15) is 18.9 Å². The minimum atomic E-state index is -1.41. The highest BCUT2D eigenvalue weighted by molar-refractivity contribution is 6.32. The van der Waals surface area contributed by atoms with E-state index in [-0.39, 0.29) is 0 Å². The van der Waals surface area contributed by atoms with E-state index < -0.39 is 17.7 Å². The standard InChI is InChI=1S/C16H15ClN2O2/c1-16-8-7-11(17)9-12(16)13(10-5-3-2-4-6-10)18-14(20)15(21)19-16/h2-7,9,14,20H,8H2,1H3,(H,19,21). The third-order valence-corrected chi connectivity index (χ3v) is 4.03. The minimum absolute atomic E-state index is 0.499. The van der Waals surface area contributed by atoms with Gasteiger partial charge in [0, 0.05) is 16.2 Å². The number of hydrogen-bond acceptors (Lipinski definition) is 3. The number of halogens is 1. The first kappa shape index (κ1) is 14.0. The predicted molar refractivity (Wildman–Crippen MR) is 82.2 cm³/mol. The summed E-state index contributed by atoms with van der Waals surface area (Å²) in [6, 6.07) is 9.48. The molecule has 0 fully saturated rings. The lowest BCUT2D eigenvalue weighted by Crippen LogP contribution is -2.50. The van der Waals surface area contributed by atoms with E-state index in [1.807, 2.05) is 43.3 Å². The van der Waals surface area contributed by atoms with Gasteiger partial charge >= 0.3 is 0 Å². The van der Waals surface area contributed by atoms with Gasteiger partial charge in [-0.15, -0.1) is 0 Å². The molecule has 2 unspecified atom stereocenters. The molecule has 0 aromatic heterocycles. The van der Waals surface area contributed by atoms with Gasteiger partial charge in [0.1, 0.15) is 0 Å². The predicted octanol–water partition coefficient (Wildman–Crippen LogP) is 2.14. The van der Waals surface area contributed by atoms with Gasteiger partial charge in [-0.2, -0.15) is 0 Å². The maximum Gasteiger partial charge on any atom is 0.272 e. The van der Waals surface area contributed by atoms with Crippen LogP contribution in [-0.4, -0.2) is 28.5 Å². The average Bonchev–Trinajstić information content (AvgIpc) is 2.57. The maximum absolute atomic E-state index is 12.0. The van der Waals surface area contributed by atoms with Crippen molar-refractivity contribution in [3.05, 3.63) is 58.7 Å². The number of nitrogens with one attached hydrogen (secondary N) is 1. The second kappa shape index (κ2) is 5.13. The molecule has 2 atom stereocenters. The fourth-order valence-electron chi connectivity index (χ4n) is 2.63. The van der Waals surface area contributed by atoms with Gasteiger partial charge in [-0.25, -0.2) is 4.99 Å². The molecule has 1 aromatic carbocycles. The molecule has 2 N–H and O–H groups in total. The highest BCUT2D eigenvalue weighted by Crippen LogP contribution is 2.34. The van der Waals surface area contributed by atoms with Crippen LogP contribution in [0.3, 0.4) is 0 Å². The first-order valence-corrected chi connectivity index (χ1v) is 7.09. The Labute approximate surface area is 127 Å². The number of rotatable bonds is 1. The van der Waals surface area contributed by atoms with Crippen LogP contribution in [-0.2, 0) is 4.79 Å². The SMILES string of the molecule is CC12CC=C(Cl)C=C1C(c1ccccc1)=NC(O)C(=O)N2. The van der Waals surface area contributed by atoms with Crippen LogP contribution in [0.25, 0.3) is 0 Å². The fraction of sp³-hybridized carbons (Fsp3) is 0.250. The van der Waals surface area contributed by atoms with Crippen molar-refractivity contribution in [3.63, 3.8) is 0 Å². The highest BCUT2D eigenvalue weighted by atomic mass is 35.5. The molecule has 1 aliphatic carbocycles. The zero-order valence-electron chi connectivity index (χ0n) is 11.5. The van der Waals surface area contributed by atoms with Gasteiger partial charge in [0.05, 0.1) is 11.3 Å². The summed E-state index contributed by atoms with van der Waals surface area (Å²) < 4.78 is 0. The molecule has 1 aliphatic heterocycles. The number of amides is 1. The highest BCUT2D eigenvalue weighted by Gasteiger charge is 2.39. The summed E-state index contributed by atoms with van der Waals surface area (Å²) in [5, 5.41) is 13.4. The van der Waals surface area contributed by atoms with Crippen molar-refractivity contribution in [1.82, 2.24) is 5.32 Å². The summed E-state index contributed by atoms with van der Waals surface area (Å²) in [5.74, 6) is -0.499. The van der Waals surface area contributed by atoms with Crippen LogP contribution < -0.4 is 5.32 Å². The lowest BCUT2D eigenvalue weighted by Gasteiger charge is -2.34. The number of carbonyl (C=O) groups is 1. The van der Waals surface area contributed by atoms with Gasteiger partial charge < -0.3 is 10.4 Å². The molecule has 5 heteroatoms. The second-order valence-electron chi connectivity index (χ2n) is 5.39. The molecule has 0 saturated heterocycles. The summed E-state index contributed by atoms with van der Waals surface area (Å²) in [7, 11) is 0. The molecule has 4 nitrogen and oxygen atoms in total. The number of aliphatic hydroxyl groups is 1. The van der Waals surface area contributed by atoms with E-state index >= 15 is 0 Å². The molecule has 1 aromatic rings. The van der Waals surface area contributed by atoms with Crippen molar-refractivity contribution in [2.24, 2.45) is 4.99 Å². The van der Waals surface area contributed by atoms with Crippen molar-refractivity contribution in [2.45, 2.75) is 25.1 Å². The zero-order chi connectivity index (χ0) is 15.0. The van der Waals surface area contributed by atoms with Gasteiger partial charge in [0.15, 0.2) is 0 Å². The molecule has 0 bridgehead atoms. The van der Waals surface area contributed by atoms with E-state index in [2.05, 4.69) is 10.3 Å². The molecule has 1 heterocycles. The van der Waals surface area contributed by atoms with E-state index in [4.69, 9.17) is 11.6 Å².